The summed E-state index contributed by atoms with van der Waals surface area (Å²) in [6.07, 6.45) is 0. The Bertz CT molecular complexity index is 1040. The predicted octanol–water partition coefficient (Wildman–Crippen LogP) is 5.70. The van der Waals surface area contributed by atoms with E-state index in [9.17, 15) is 15.2 Å². The Morgan fingerprint density at radius 2 is 1.63 bits per heavy atom. The highest BCUT2D eigenvalue weighted by molar-refractivity contribution is 5.79. The minimum Gasteiger partial charge on any atom is -0.508 e. The molecule has 0 amide bonds. The molecule has 1 N–H and O–H groups in total. The van der Waals surface area contributed by atoms with E-state index in [4.69, 9.17) is 4.42 Å². The van der Waals surface area contributed by atoms with Gasteiger partial charge < -0.3 is 9.52 Å². The highest BCUT2D eigenvalue weighted by atomic mass is 16.6. The van der Waals surface area contributed by atoms with Crippen molar-refractivity contribution in [1.82, 2.24) is 4.98 Å². The number of phenolic OH excluding ortho intramolecular Hbond substituents is 1. The smallest absolute Gasteiger partial charge is 0.271 e. The number of fused-ring (bicyclic) bond motifs is 1. The normalized spacial score (nSPS) is 12.5. The molecule has 3 rings (SSSR count). The van der Waals surface area contributed by atoms with Gasteiger partial charge in [0, 0.05) is 23.3 Å². The Kier molecular flexibility index (Phi) is 4.25. The van der Waals surface area contributed by atoms with Crippen LogP contribution in [-0.4, -0.2) is 15.0 Å². The van der Waals surface area contributed by atoms with Crippen molar-refractivity contribution in [3.63, 3.8) is 0 Å². The standard InChI is InChI=1S/C21H24N2O4/c1-20(2,3)14-11-17(24)15(21(4,5)6)10-13(14)19-22-16-9-12(23(25)26)7-8-18(16)27-19/h7-11,24H,1-6H3. The first-order valence-corrected chi connectivity index (χ1v) is 8.81. The Morgan fingerprint density at radius 3 is 2.19 bits per heavy atom. The van der Waals surface area contributed by atoms with Crippen molar-refractivity contribution in [2.75, 3.05) is 0 Å². The van der Waals surface area contributed by atoms with Gasteiger partial charge in [-0.25, -0.2) is 4.98 Å². The molecular weight excluding hydrogens is 344 g/mol. The van der Waals surface area contributed by atoms with E-state index in [2.05, 4.69) is 25.8 Å². The van der Waals surface area contributed by atoms with Crippen LogP contribution in [-0.2, 0) is 10.8 Å². The molecule has 3 aromatic rings. The van der Waals surface area contributed by atoms with Crippen molar-refractivity contribution in [1.29, 1.82) is 0 Å². The van der Waals surface area contributed by atoms with Crippen LogP contribution < -0.4 is 0 Å². The average molecular weight is 368 g/mol. The molecule has 0 aliphatic rings. The molecule has 0 spiro atoms. The molecule has 1 aromatic heterocycles. The van der Waals surface area contributed by atoms with Crippen molar-refractivity contribution in [3.8, 4) is 17.2 Å². The summed E-state index contributed by atoms with van der Waals surface area (Å²) in [5.41, 5.74) is 2.84. The van der Waals surface area contributed by atoms with E-state index in [1.807, 2.05) is 26.8 Å². The molecule has 1 heterocycles. The van der Waals surface area contributed by atoms with Gasteiger partial charge in [0.25, 0.3) is 5.69 Å². The maximum absolute atomic E-state index is 11.0. The van der Waals surface area contributed by atoms with Crippen LogP contribution in [0.1, 0.15) is 52.7 Å². The number of aromatic nitrogens is 1. The SMILES string of the molecule is CC(C)(C)c1cc(-c2nc3cc([N+](=O)[O-])ccc3o2)c(C(C)(C)C)cc1O. The molecule has 6 nitrogen and oxygen atoms in total. The van der Waals surface area contributed by atoms with Gasteiger partial charge in [-0.2, -0.15) is 0 Å². The first kappa shape index (κ1) is 18.9. The highest BCUT2D eigenvalue weighted by Crippen LogP contribution is 2.41. The van der Waals surface area contributed by atoms with E-state index in [-0.39, 0.29) is 22.3 Å². The molecule has 0 aliphatic heterocycles. The molecule has 0 unspecified atom stereocenters. The maximum atomic E-state index is 11.0. The number of nitro groups is 1. The Balaban J connectivity index is 2.28. The van der Waals surface area contributed by atoms with E-state index >= 15 is 0 Å². The zero-order valence-electron chi connectivity index (χ0n) is 16.5. The summed E-state index contributed by atoms with van der Waals surface area (Å²) in [5, 5.41) is 21.6. The summed E-state index contributed by atoms with van der Waals surface area (Å²) in [4.78, 5) is 15.1. The number of rotatable bonds is 2. The zero-order valence-corrected chi connectivity index (χ0v) is 16.5. The first-order chi connectivity index (χ1) is 12.4. The number of benzene rings is 2. The summed E-state index contributed by atoms with van der Waals surface area (Å²) < 4.78 is 5.92. The second kappa shape index (κ2) is 6.08. The minimum atomic E-state index is -0.452. The van der Waals surface area contributed by atoms with Gasteiger partial charge in [0.05, 0.1) is 4.92 Å². The van der Waals surface area contributed by atoms with E-state index in [1.54, 1.807) is 12.1 Å². The van der Waals surface area contributed by atoms with Crippen LogP contribution in [0.25, 0.3) is 22.6 Å². The third-order valence-electron chi connectivity index (χ3n) is 4.56. The van der Waals surface area contributed by atoms with Gasteiger partial charge in [-0.1, -0.05) is 41.5 Å². The Hall–Kier alpha value is -2.89. The number of hydrogen-bond donors (Lipinski definition) is 1. The second-order valence-electron chi connectivity index (χ2n) is 8.84. The number of non-ortho nitro benzene ring substituents is 1. The van der Waals surface area contributed by atoms with Gasteiger partial charge in [0.1, 0.15) is 11.3 Å². The van der Waals surface area contributed by atoms with Gasteiger partial charge >= 0.3 is 0 Å². The van der Waals surface area contributed by atoms with E-state index in [0.717, 1.165) is 16.7 Å². The number of nitro benzene ring substituents is 1. The van der Waals surface area contributed by atoms with Gasteiger partial charge in [0.2, 0.25) is 5.89 Å². The number of phenols is 1. The molecule has 27 heavy (non-hydrogen) atoms. The van der Waals surface area contributed by atoms with E-state index in [1.165, 1.54) is 12.1 Å². The van der Waals surface area contributed by atoms with Crippen LogP contribution in [0.15, 0.2) is 34.7 Å². The Morgan fingerprint density at radius 1 is 1.00 bits per heavy atom. The van der Waals surface area contributed by atoms with Crippen molar-refractivity contribution in [2.24, 2.45) is 0 Å². The lowest BCUT2D eigenvalue weighted by atomic mass is 9.78. The van der Waals surface area contributed by atoms with Crippen molar-refractivity contribution >= 4 is 16.8 Å². The topological polar surface area (TPSA) is 89.4 Å². The van der Waals surface area contributed by atoms with Crippen LogP contribution in [0.3, 0.4) is 0 Å². The fraction of sp³-hybridized carbons (Fsp3) is 0.381. The molecule has 0 atom stereocenters. The molecule has 0 fully saturated rings. The number of nitrogens with zero attached hydrogens (tertiary/aromatic N) is 2. The van der Waals surface area contributed by atoms with Crippen molar-refractivity contribution in [2.45, 2.75) is 52.4 Å². The molecule has 0 saturated heterocycles. The van der Waals surface area contributed by atoms with Crippen LogP contribution >= 0.6 is 0 Å². The van der Waals surface area contributed by atoms with Gasteiger partial charge in [-0.05, 0) is 34.6 Å². The monoisotopic (exact) mass is 368 g/mol. The second-order valence-corrected chi connectivity index (χ2v) is 8.84. The van der Waals surface area contributed by atoms with Gasteiger partial charge in [-0.3, -0.25) is 10.1 Å². The minimum absolute atomic E-state index is 0.0283. The largest absolute Gasteiger partial charge is 0.508 e. The molecule has 0 saturated carbocycles. The quantitative estimate of drug-likeness (QED) is 0.462. The van der Waals surface area contributed by atoms with Gasteiger partial charge in [-0.15, -0.1) is 0 Å². The molecule has 2 aromatic carbocycles. The van der Waals surface area contributed by atoms with E-state index in [0.29, 0.717) is 17.0 Å². The lowest BCUT2D eigenvalue weighted by Crippen LogP contribution is -2.16. The lowest BCUT2D eigenvalue weighted by molar-refractivity contribution is -0.384. The molecular formula is C21H24N2O4. The molecule has 0 bridgehead atoms. The summed E-state index contributed by atoms with van der Waals surface area (Å²) in [7, 11) is 0. The van der Waals surface area contributed by atoms with Crippen LogP contribution in [0.5, 0.6) is 5.75 Å². The average Bonchev–Trinajstić information content (AvgIpc) is 2.95. The molecule has 0 radical (unpaired) electrons. The van der Waals surface area contributed by atoms with Crippen molar-refractivity contribution in [3.05, 3.63) is 51.6 Å². The number of hydrogen-bond acceptors (Lipinski definition) is 5. The molecule has 0 aliphatic carbocycles. The highest BCUT2D eigenvalue weighted by Gasteiger charge is 2.27. The molecule has 142 valence electrons. The fourth-order valence-corrected chi connectivity index (χ4v) is 3.13. The Labute approximate surface area is 158 Å². The summed E-state index contributed by atoms with van der Waals surface area (Å²) in [6.45, 7) is 12.2. The maximum Gasteiger partial charge on any atom is 0.271 e. The summed E-state index contributed by atoms with van der Waals surface area (Å²) >= 11 is 0. The lowest BCUT2D eigenvalue weighted by Gasteiger charge is -2.27. The summed E-state index contributed by atoms with van der Waals surface area (Å²) in [5.74, 6) is 0.629. The first-order valence-electron chi connectivity index (χ1n) is 8.81. The van der Waals surface area contributed by atoms with Crippen LogP contribution in [0.4, 0.5) is 5.69 Å². The predicted molar refractivity (Wildman–Crippen MR) is 105 cm³/mol. The molecule has 6 heteroatoms. The third-order valence-corrected chi connectivity index (χ3v) is 4.56. The fourth-order valence-electron chi connectivity index (χ4n) is 3.13. The number of oxazole rings is 1. The van der Waals surface area contributed by atoms with E-state index < -0.39 is 4.92 Å². The number of aromatic hydroxyl groups is 1. The van der Waals surface area contributed by atoms with Gasteiger partial charge in [0.15, 0.2) is 5.58 Å². The summed E-state index contributed by atoms with van der Waals surface area (Å²) in [6, 6.07) is 8.05. The van der Waals surface area contributed by atoms with Crippen LogP contribution in [0.2, 0.25) is 0 Å². The third kappa shape index (κ3) is 3.52. The van der Waals surface area contributed by atoms with Crippen molar-refractivity contribution < 1.29 is 14.4 Å². The van der Waals surface area contributed by atoms with Crippen LogP contribution in [0, 0.1) is 10.1 Å². The zero-order chi connectivity index (χ0) is 20.1.